The molecule has 0 aromatic heterocycles. The molecule has 38 heavy (non-hydrogen) atoms. The van der Waals surface area contributed by atoms with Gasteiger partial charge in [0.15, 0.2) is 17.7 Å². The van der Waals surface area contributed by atoms with E-state index in [0.29, 0.717) is 12.0 Å². The lowest BCUT2D eigenvalue weighted by atomic mass is 9.92. The van der Waals surface area contributed by atoms with Gasteiger partial charge in [0.05, 0.1) is 25.2 Å². The van der Waals surface area contributed by atoms with Gasteiger partial charge in [-0.2, -0.15) is 0 Å². The van der Waals surface area contributed by atoms with Crippen LogP contribution in [0.3, 0.4) is 0 Å². The quantitative estimate of drug-likeness (QED) is 0.218. The Hall–Kier alpha value is -3.37. The van der Waals surface area contributed by atoms with Gasteiger partial charge < -0.3 is 19.3 Å². The molecule has 1 fully saturated rings. The zero-order valence-corrected chi connectivity index (χ0v) is 22.6. The first-order valence-corrected chi connectivity index (χ1v) is 12.7. The van der Waals surface area contributed by atoms with E-state index in [4.69, 9.17) is 19.3 Å². The highest BCUT2D eigenvalue weighted by atomic mass is 16.6. The largest absolute Gasteiger partial charge is 0.453 e. The minimum absolute atomic E-state index is 0.0368. The van der Waals surface area contributed by atoms with Gasteiger partial charge in [-0.3, -0.25) is 19.2 Å². The minimum Gasteiger partial charge on any atom is -0.453 e. The van der Waals surface area contributed by atoms with Gasteiger partial charge in [-0.05, 0) is 37.8 Å². The predicted molar refractivity (Wildman–Crippen MR) is 138 cm³/mol. The molecular formula is C28H37NO9. The first-order chi connectivity index (χ1) is 18.0. The molecule has 1 saturated heterocycles. The Morgan fingerprint density at radius 2 is 1.89 bits per heavy atom. The minimum atomic E-state index is -1.55. The number of hydrogen-bond donors (Lipinski definition) is 1. The zero-order chi connectivity index (χ0) is 28.4. The lowest BCUT2D eigenvalue weighted by Crippen LogP contribution is -2.48. The number of cyclic esters (lactones) is 1. The topological polar surface area (TPSA) is 137 Å². The molecular weight excluding hydrogens is 494 g/mol. The summed E-state index contributed by atoms with van der Waals surface area (Å²) in [5.41, 5.74) is 1.48. The number of amides is 2. The molecule has 0 aliphatic carbocycles. The predicted octanol–water partition coefficient (Wildman–Crippen LogP) is 2.88. The number of rotatable bonds is 14. The van der Waals surface area contributed by atoms with Gasteiger partial charge in [-0.25, -0.2) is 9.69 Å². The van der Waals surface area contributed by atoms with Crippen LogP contribution in [0, 0.1) is 18.8 Å². The van der Waals surface area contributed by atoms with Gasteiger partial charge in [-0.1, -0.05) is 43.7 Å². The molecule has 0 spiro atoms. The van der Waals surface area contributed by atoms with Crippen molar-refractivity contribution < 1.29 is 43.3 Å². The molecule has 10 nitrogen and oxygen atoms in total. The van der Waals surface area contributed by atoms with Crippen molar-refractivity contribution in [3.05, 3.63) is 41.5 Å². The molecule has 0 saturated carbocycles. The second-order valence-corrected chi connectivity index (χ2v) is 9.61. The molecule has 0 unspecified atom stereocenters. The third-order valence-corrected chi connectivity index (χ3v) is 6.17. The summed E-state index contributed by atoms with van der Waals surface area (Å²) in [6, 6.07) is 6.52. The molecule has 2 amide bonds. The number of Topliss-reactive ketones (excluding diaryl/α,β-unsaturated/α-hetero) is 1. The maximum Gasteiger partial charge on any atom is 0.416 e. The SMILES string of the molecule is CC(=O)O[C@@H](C(=O)C=C(C(=O)CCCOCCO)c1cccc(C)c1)[C@@H](C)C(=O)N1C(=O)OC[C@H]1C(C)C. The Labute approximate surface area is 222 Å². The lowest BCUT2D eigenvalue weighted by molar-refractivity contribution is -0.158. The van der Waals surface area contributed by atoms with Gasteiger partial charge >= 0.3 is 12.1 Å². The maximum absolute atomic E-state index is 13.5. The van der Waals surface area contributed by atoms with Gasteiger partial charge in [0, 0.05) is 25.5 Å². The summed E-state index contributed by atoms with van der Waals surface area (Å²) in [5.74, 6) is -3.88. The van der Waals surface area contributed by atoms with Crippen molar-refractivity contribution in [3.63, 3.8) is 0 Å². The van der Waals surface area contributed by atoms with E-state index in [1.807, 2.05) is 26.8 Å². The van der Waals surface area contributed by atoms with Crippen LogP contribution in [0.4, 0.5) is 4.79 Å². The number of ketones is 2. The van der Waals surface area contributed by atoms with E-state index in [-0.39, 0.29) is 50.1 Å². The van der Waals surface area contributed by atoms with Crippen LogP contribution >= 0.6 is 0 Å². The molecule has 1 aromatic carbocycles. The Kier molecular flexibility index (Phi) is 11.8. The van der Waals surface area contributed by atoms with Crippen LogP contribution < -0.4 is 0 Å². The number of benzene rings is 1. The number of aliphatic hydroxyl groups excluding tert-OH is 1. The van der Waals surface area contributed by atoms with Crippen molar-refractivity contribution >= 4 is 35.1 Å². The summed E-state index contributed by atoms with van der Waals surface area (Å²) in [7, 11) is 0. The molecule has 1 aromatic rings. The van der Waals surface area contributed by atoms with E-state index >= 15 is 0 Å². The smallest absolute Gasteiger partial charge is 0.416 e. The van der Waals surface area contributed by atoms with Crippen LogP contribution in [0.25, 0.3) is 5.57 Å². The third kappa shape index (κ3) is 8.32. The summed E-state index contributed by atoms with van der Waals surface area (Å²) in [6.07, 6.45) is -0.830. The maximum atomic E-state index is 13.5. The summed E-state index contributed by atoms with van der Waals surface area (Å²) in [5, 5.41) is 8.83. The van der Waals surface area contributed by atoms with E-state index in [0.717, 1.165) is 23.5 Å². The van der Waals surface area contributed by atoms with Crippen molar-refractivity contribution in [1.82, 2.24) is 4.90 Å². The van der Waals surface area contributed by atoms with Gasteiger partial charge in [0.1, 0.15) is 6.61 Å². The van der Waals surface area contributed by atoms with E-state index in [1.165, 1.54) is 6.92 Å². The summed E-state index contributed by atoms with van der Waals surface area (Å²) in [4.78, 5) is 65.2. The van der Waals surface area contributed by atoms with Crippen molar-refractivity contribution in [2.75, 3.05) is 26.4 Å². The van der Waals surface area contributed by atoms with Crippen molar-refractivity contribution in [1.29, 1.82) is 0 Å². The third-order valence-electron chi connectivity index (χ3n) is 6.17. The second kappa shape index (κ2) is 14.5. The summed E-state index contributed by atoms with van der Waals surface area (Å²) < 4.78 is 15.5. The Morgan fingerprint density at radius 3 is 2.50 bits per heavy atom. The summed E-state index contributed by atoms with van der Waals surface area (Å²) in [6.45, 7) is 8.36. The monoisotopic (exact) mass is 531 g/mol. The number of carbonyl (C=O) groups excluding carboxylic acids is 5. The zero-order valence-electron chi connectivity index (χ0n) is 22.6. The van der Waals surface area contributed by atoms with E-state index in [1.54, 1.807) is 18.2 Å². The standard InChI is InChI=1S/C28H37NO9/c1-17(2)23-16-37-28(35)29(23)27(34)19(4)26(38-20(5)31)25(33)15-22(21-9-6-8-18(3)14-21)24(32)10-7-12-36-13-11-30/h6,8-9,14-15,17,19,23,26,30H,7,10-13,16H2,1-5H3/t19-,23+,26-/m1/s1. The number of hydrogen-bond acceptors (Lipinski definition) is 9. The molecule has 0 radical (unpaired) electrons. The normalized spacial score (nSPS) is 17.2. The van der Waals surface area contributed by atoms with Crippen molar-refractivity contribution in [3.8, 4) is 0 Å². The molecule has 208 valence electrons. The first-order valence-electron chi connectivity index (χ1n) is 12.7. The fourth-order valence-corrected chi connectivity index (χ4v) is 4.11. The molecule has 1 aliphatic heterocycles. The fraction of sp³-hybridized carbons (Fsp3) is 0.536. The Balaban J connectivity index is 2.38. The molecule has 3 atom stereocenters. The van der Waals surface area contributed by atoms with E-state index < -0.39 is 41.8 Å². The number of carbonyl (C=O) groups is 5. The highest BCUT2D eigenvalue weighted by Gasteiger charge is 2.44. The van der Waals surface area contributed by atoms with Crippen LogP contribution in [0.15, 0.2) is 30.3 Å². The first kappa shape index (κ1) is 30.9. The molecule has 1 heterocycles. The molecule has 1 N–H and O–H groups in total. The highest BCUT2D eigenvalue weighted by molar-refractivity contribution is 6.25. The number of esters is 1. The molecule has 0 bridgehead atoms. The van der Waals surface area contributed by atoms with Crippen LogP contribution in [0.1, 0.15) is 51.7 Å². The van der Waals surface area contributed by atoms with Crippen molar-refractivity contribution in [2.24, 2.45) is 11.8 Å². The molecule has 2 rings (SSSR count). The van der Waals surface area contributed by atoms with E-state index in [9.17, 15) is 24.0 Å². The number of aryl methyl sites for hydroxylation is 1. The number of nitrogens with zero attached hydrogens (tertiary/aromatic N) is 1. The van der Waals surface area contributed by atoms with E-state index in [2.05, 4.69) is 0 Å². The molecule has 10 heteroatoms. The Bertz CT molecular complexity index is 1060. The van der Waals surface area contributed by atoms with Crippen LogP contribution in [0.2, 0.25) is 0 Å². The van der Waals surface area contributed by atoms with Gasteiger partial charge in [0.2, 0.25) is 5.91 Å². The van der Waals surface area contributed by atoms with Gasteiger partial charge in [0.25, 0.3) is 0 Å². The Morgan fingerprint density at radius 1 is 1.18 bits per heavy atom. The van der Waals surface area contributed by atoms with Crippen LogP contribution in [0.5, 0.6) is 0 Å². The average Bonchev–Trinajstić information content (AvgIpc) is 3.26. The van der Waals surface area contributed by atoms with Crippen LogP contribution in [-0.4, -0.2) is 78.1 Å². The number of aliphatic hydroxyl groups is 1. The number of imide groups is 1. The number of ether oxygens (including phenoxy) is 3. The summed E-state index contributed by atoms with van der Waals surface area (Å²) >= 11 is 0. The second-order valence-electron chi connectivity index (χ2n) is 9.61. The number of allylic oxidation sites excluding steroid dienone is 1. The molecule has 1 aliphatic rings. The lowest BCUT2D eigenvalue weighted by Gasteiger charge is -2.28. The van der Waals surface area contributed by atoms with Crippen LogP contribution in [-0.2, 0) is 33.4 Å². The fourth-order valence-electron chi connectivity index (χ4n) is 4.11. The van der Waals surface area contributed by atoms with Gasteiger partial charge in [-0.15, -0.1) is 0 Å². The highest BCUT2D eigenvalue weighted by Crippen LogP contribution is 2.26. The van der Waals surface area contributed by atoms with Crippen molar-refractivity contribution in [2.45, 2.75) is 59.6 Å². The average molecular weight is 532 g/mol.